The zero-order valence-electron chi connectivity index (χ0n) is 27.2. The number of hydrogen-bond acceptors (Lipinski definition) is 12. The van der Waals surface area contributed by atoms with Crippen LogP contribution >= 0.6 is 11.6 Å². The van der Waals surface area contributed by atoms with Gasteiger partial charge >= 0.3 is 6.03 Å². The number of hydrogen-bond donors (Lipinski definition) is 4. The molecule has 4 aromatic rings. The molecule has 3 aromatic heterocycles. The number of ether oxygens (including phenoxy) is 2. The Balaban J connectivity index is 0.000000236. The van der Waals surface area contributed by atoms with Gasteiger partial charge in [0.2, 0.25) is 5.28 Å². The highest BCUT2D eigenvalue weighted by Gasteiger charge is 2.23. The number of urea groups is 1. The van der Waals surface area contributed by atoms with E-state index in [1.807, 2.05) is 31.4 Å². The zero-order chi connectivity index (χ0) is 34.0. The Morgan fingerprint density at radius 1 is 0.917 bits per heavy atom. The predicted molar refractivity (Wildman–Crippen MR) is 181 cm³/mol. The average Bonchev–Trinajstić information content (AvgIpc) is 3.52. The summed E-state index contributed by atoms with van der Waals surface area (Å²) in [4.78, 5) is 33.7. The van der Waals surface area contributed by atoms with E-state index in [4.69, 9.17) is 31.2 Å². The van der Waals surface area contributed by atoms with Gasteiger partial charge in [-0.15, -0.1) is 0 Å². The second-order valence-electron chi connectivity index (χ2n) is 11.5. The number of carbonyl (C=O) groups excluding carboxylic acids is 1. The van der Waals surface area contributed by atoms with Gasteiger partial charge in [-0.1, -0.05) is 0 Å². The van der Waals surface area contributed by atoms with Crippen LogP contribution in [0.25, 0.3) is 11.4 Å². The minimum atomic E-state index is -0.302. The Labute approximate surface area is 283 Å². The molecule has 2 fully saturated rings. The van der Waals surface area contributed by atoms with E-state index in [0.29, 0.717) is 55.9 Å². The van der Waals surface area contributed by atoms with Crippen LogP contribution in [0.2, 0.25) is 5.28 Å². The van der Waals surface area contributed by atoms with Gasteiger partial charge in [-0.25, -0.2) is 24.7 Å². The number of anilines is 3. The number of aliphatic hydroxyl groups is 2. The van der Waals surface area contributed by atoms with Gasteiger partial charge in [-0.2, -0.15) is 5.10 Å². The van der Waals surface area contributed by atoms with E-state index in [1.54, 1.807) is 29.1 Å². The van der Waals surface area contributed by atoms with Gasteiger partial charge in [-0.05, 0) is 49.7 Å². The van der Waals surface area contributed by atoms with Gasteiger partial charge in [0.15, 0.2) is 5.82 Å². The molecule has 0 radical (unpaired) electrons. The van der Waals surface area contributed by atoms with Crippen LogP contribution in [-0.4, -0.2) is 97.6 Å². The third kappa shape index (κ3) is 9.35. The molecule has 2 amide bonds. The van der Waals surface area contributed by atoms with Crippen LogP contribution in [0.3, 0.4) is 0 Å². The molecule has 16 heteroatoms. The molecule has 2 saturated heterocycles. The molecule has 0 aliphatic carbocycles. The summed E-state index contributed by atoms with van der Waals surface area (Å²) in [6.45, 7) is 8.38. The highest BCUT2D eigenvalue weighted by molar-refractivity contribution is 6.28. The molecular weight excluding hydrogens is 640 g/mol. The fourth-order valence-corrected chi connectivity index (χ4v) is 5.47. The minimum Gasteiger partial charge on any atom is -0.390 e. The largest absolute Gasteiger partial charge is 0.390 e. The fourth-order valence-electron chi connectivity index (χ4n) is 5.28. The van der Waals surface area contributed by atoms with Gasteiger partial charge in [0, 0.05) is 61.8 Å². The molecule has 0 spiro atoms. The van der Waals surface area contributed by atoms with Crippen LogP contribution in [0.5, 0.6) is 0 Å². The van der Waals surface area contributed by atoms with Crippen molar-refractivity contribution < 1.29 is 24.5 Å². The van der Waals surface area contributed by atoms with Gasteiger partial charge in [0.1, 0.15) is 11.6 Å². The number of rotatable bonds is 8. The number of nitrogens with one attached hydrogen (secondary N) is 2. The number of morpholine rings is 2. The van der Waals surface area contributed by atoms with Crippen molar-refractivity contribution in [3.8, 4) is 11.4 Å². The summed E-state index contributed by atoms with van der Waals surface area (Å²) in [5.41, 5.74) is 3.46. The first kappa shape index (κ1) is 34.9. The first-order valence-electron chi connectivity index (χ1n) is 15.7. The number of aryl methyl sites for hydroxylation is 1. The van der Waals surface area contributed by atoms with E-state index < -0.39 is 0 Å². The van der Waals surface area contributed by atoms with Crippen molar-refractivity contribution in [3.63, 3.8) is 0 Å². The van der Waals surface area contributed by atoms with Crippen LogP contribution in [0.15, 0.2) is 48.8 Å². The lowest BCUT2D eigenvalue weighted by molar-refractivity contribution is 0.0984. The number of nitrogens with zero attached hydrogens (tertiary/aromatic N) is 8. The molecule has 4 N–H and O–H groups in total. The number of carbonyl (C=O) groups is 1. The molecule has 2 aliphatic heterocycles. The molecule has 256 valence electrons. The average molecular weight is 681 g/mol. The lowest BCUT2D eigenvalue weighted by Crippen LogP contribution is -2.44. The Bertz CT molecular complexity index is 1660. The maximum Gasteiger partial charge on any atom is 0.319 e. The standard InChI is InChI=1S/C22H27N7O3.C10H14ClN3O2/c1-15-14-32-8-7-29(15)20-9-19(13-30)25-21(27-20)17-3-5-18(6-4-17)26-22(31)23-10-16-11-24-28(2)12-16;1-7-6-16-3-2-14(7)9-4-8(5-15)12-10(11)13-9/h3-6,9,11-12,15,30H,7-8,10,13-14H2,1-2H3,(H2,23,26,31);4,7,15H,2-3,5-6H2,1H3/t15-;7-/m00/s1. The van der Waals surface area contributed by atoms with Crippen molar-refractivity contribution in [2.45, 2.75) is 45.7 Å². The Hall–Kier alpha value is -4.41. The molecule has 5 heterocycles. The lowest BCUT2D eigenvalue weighted by Gasteiger charge is -2.34. The van der Waals surface area contributed by atoms with Crippen LogP contribution in [-0.2, 0) is 36.3 Å². The first-order valence-corrected chi connectivity index (χ1v) is 16.0. The van der Waals surface area contributed by atoms with Crippen molar-refractivity contribution in [2.75, 3.05) is 54.6 Å². The topological polar surface area (TPSA) is 176 Å². The van der Waals surface area contributed by atoms with E-state index in [2.05, 4.69) is 54.3 Å². The molecule has 2 aliphatic rings. The highest BCUT2D eigenvalue weighted by atomic mass is 35.5. The van der Waals surface area contributed by atoms with Crippen molar-refractivity contribution in [1.29, 1.82) is 0 Å². The molecule has 6 rings (SSSR count). The van der Waals surface area contributed by atoms with Crippen LogP contribution in [0.4, 0.5) is 22.1 Å². The summed E-state index contributed by atoms with van der Waals surface area (Å²) < 4.78 is 12.6. The molecule has 15 nitrogen and oxygen atoms in total. The molecular formula is C32H41ClN10O5. The summed E-state index contributed by atoms with van der Waals surface area (Å²) in [7, 11) is 1.83. The minimum absolute atomic E-state index is 0.131. The number of benzene rings is 1. The van der Waals surface area contributed by atoms with Crippen molar-refractivity contribution in [3.05, 3.63) is 71.0 Å². The van der Waals surface area contributed by atoms with Crippen molar-refractivity contribution >= 4 is 35.0 Å². The van der Waals surface area contributed by atoms with Crippen molar-refractivity contribution in [2.24, 2.45) is 7.05 Å². The van der Waals surface area contributed by atoms with E-state index in [0.717, 1.165) is 35.9 Å². The maximum atomic E-state index is 12.2. The molecule has 0 bridgehead atoms. The summed E-state index contributed by atoms with van der Waals surface area (Å²) in [6.07, 6.45) is 3.56. The smallest absolute Gasteiger partial charge is 0.319 e. The molecule has 48 heavy (non-hydrogen) atoms. The quantitative estimate of drug-likeness (QED) is 0.201. The third-order valence-electron chi connectivity index (χ3n) is 7.76. The monoisotopic (exact) mass is 680 g/mol. The number of aromatic nitrogens is 6. The number of amides is 2. The normalized spacial score (nSPS) is 17.8. The highest BCUT2D eigenvalue weighted by Crippen LogP contribution is 2.25. The van der Waals surface area contributed by atoms with E-state index >= 15 is 0 Å². The second kappa shape index (κ2) is 16.6. The van der Waals surface area contributed by atoms with Gasteiger partial charge < -0.3 is 40.1 Å². The van der Waals surface area contributed by atoms with Gasteiger partial charge in [-0.3, -0.25) is 4.68 Å². The van der Waals surface area contributed by atoms with E-state index in [1.165, 1.54) is 0 Å². The Kier molecular flexibility index (Phi) is 12.1. The number of halogens is 1. The van der Waals surface area contributed by atoms with Crippen LogP contribution < -0.4 is 20.4 Å². The maximum absolute atomic E-state index is 12.2. The molecule has 1 aromatic carbocycles. The lowest BCUT2D eigenvalue weighted by atomic mass is 10.2. The van der Waals surface area contributed by atoms with Crippen LogP contribution in [0.1, 0.15) is 30.8 Å². The van der Waals surface area contributed by atoms with Crippen molar-refractivity contribution in [1.82, 2.24) is 35.0 Å². The fraction of sp³-hybridized carbons (Fsp3) is 0.438. The molecule has 0 saturated carbocycles. The van der Waals surface area contributed by atoms with Gasteiger partial charge in [0.05, 0.1) is 69.3 Å². The van der Waals surface area contributed by atoms with Crippen LogP contribution in [0, 0.1) is 0 Å². The summed E-state index contributed by atoms with van der Waals surface area (Å²) in [5.74, 6) is 2.05. The molecule has 2 atom stereocenters. The first-order chi connectivity index (χ1) is 23.2. The van der Waals surface area contributed by atoms with E-state index in [-0.39, 0.29) is 36.6 Å². The zero-order valence-corrected chi connectivity index (χ0v) is 28.0. The SMILES string of the molecule is C[C@H]1COCCN1c1cc(CO)nc(-c2ccc(NC(=O)NCc3cnn(C)c3)cc2)n1.C[C@H]1COCCN1c1cc(CO)nc(Cl)n1. The summed E-state index contributed by atoms with van der Waals surface area (Å²) in [5, 5.41) is 28.6. The number of aliphatic hydroxyl groups excluding tert-OH is 2. The predicted octanol–water partition coefficient (Wildman–Crippen LogP) is 2.76. The van der Waals surface area contributed by atoms with E-state index in [9.17, 15) is 9.90 Å². The third-order valence-corrected chi connectivity index (χ3v) is 7.93. The second-order valence-corrected chi connectivity index (χ2v) is 11.8. The van der Waals surface area contributed by atoms with Gasteiger partial charge in [0.25, 0.3) is 0 Å². The molecule has 0 unspecified atom stereocenters. The summed E-state index contributed by atoms with van der Waals surface area (Å²) >= 11 is 5.80. The summed E-state index contributed by atoms with van der Waals surface area (Å²) in [6, 6.07) is 11.0. The Morgan fingerprint density at radius 3 is 2.08 bits per heavy atom. The Morgan fingerprint density at radius 2 is 1.52 bits per heavy atom.